The molecule has 2 aromatic rings. The van der Waals surface area contributed by atoms with E-state index in [4.69, 9.17) is 23.1 Å². The number of hydrogen-bond donors (Lipinski definition) is 2. The van der Waals surface area contributed by atoms with E-state index >= 15 is 0 Å². The number of aryl methyl sites for hydroxylation is 1. The van der Waals surface area contributed by atoms with E-state index in [-0.39, 0.29) is 5.02 Å². The molecule has 0 fully saturated rings. The van der Waals surface area contributed by atoms with Crippen LogP contribution in [0, 0.1) is 12.7 Å². The molecule has 1 heterocycles. The smallest absolute Gasteiger partial charge is 0.145 e. The monoisotopic (exact) mass is 279 g/mol. The summed E-state index contributed by atoms with van der Waals surface area (Å²) in [6, 6.07) is 6.33. The van der Waals surface area contributed by atoms with E-state index in [1.165, 1.54) is 6.07 Å². The van der Waals surface area contributed by atoms with Gasteiger partial charge in [0, 0.05) is 17.8 Å². The fraction of sp³-hybridized carbons (Fsp3) is 0.214. The van der Waals surface area contributed by atoms with Gasteiger partial charge in [-0.3, -0.25) is 0 Å². The summed E-state index contributed by atoms with van der Waals surface area (Å²) >= 11 is 5.75. The number of rotatable bonds is 3. The summed E-state index contributed by atoms with van der Waals surface area (Å²) in [4.78, 5) is 4.06. The molecule has 0 aliphatic heterocycles. The lowest BCUT2D eigenvalue weighted by atomic mass is 9.99. The number of nitrogens with zero attached hydrogens (tertiary/aromatic N) is 1. The fourth-order valence-electron chi connectivity index (χ4n) is 1.95. The van der Waals surface area contributed by atoms with Crippen LogP contribution in [0.25, 0.3) is 0 Å². The highest BCUT2D eigenvalue weighted by Crippen LogP contribution is 2.25. The summed E-state index contributed by atoms with van der Waals surface area (Å²) in [5.41, 5.74) is 14.0. The van der Waals surface area contributed by atoms with Crippen LogP contribution < -0.4 is 11.5 Å². The van der Waals surface area contributed by atoms with Gasteiger partial charge in [0.25, 0.3) is 0 Å². The van der Waals surface area contributed by atoms with Crippen LogP contribution in [-0.2, 0) is 6.42 Å². The number of halogens is 2. The molecule has 0 aliphatic carbocycles. The zero-order valence-electron chi connectivity index (χ0n) is 10.5. The lowest BCUT2D eigenvalue weighted by Gasteiger charge is -2.15. The summed E-state index contributed by atoms with van der Waals surface area (Å²) < 4.78 is 13.8. The van der Waals surface area contributed by atoms with Gasteiger partial charge in [-0.1, -0.05) is 23.7 Å². The number of pyridine rings is 1. The van der Waals surface area contributed by atoms with Gasteiger partial charge in [0.15, 0.2) is 0 Å². The van der Waals surface area contributed by atoms with Crippen LogP contribution >= 0.6 is 11.6 Å². The average Bonchev–Trinajstić information content (AvgIpc) is 2.38. The van der Waals surface area contributed by atoms with Crippen LogP contribution in [0.2, 0.25) is 5.02 Å². The molecule has 5 heteroatoms. The van der Waals surface area contributed by atoms with Crippen molar-refractivity contribution in [3.8, 4) is 0 Å². The summed E-state index contributed by atoms with van der Waals surface area (Å²) in [6.07, 6.45) is 1.99. The maximum atomic E-state index is 13.8. The maximum Gasteiger partial charge on any atom is 0.145 e. The molecule has 3 nitrogen and oxygen atoms in total. The van der Waals surface area contributed by atoms with Gasteiger partial charge in [0.2, 0.25) is 0 Å². The van der Waals surface area contributed by atoms with Crippen molar-refractivity contribution in [2.45, 2.75) is 19.4 Å². The molecule has 1 aromatic heterocycles. The molecule has 1 unspecified atom stereocenters. The van der Waals surface area contributed by atoms with Crippen molar-refractivity contribution < 1.29 is 4.39 Å². The molecule has 0 bridgehead atoms. The van der Waals surface area contributed by atoms with E-state index in [0.29, 0.717) is 17.8 Å². The van der Waals surface area contributed by atoms with Gasteiger partial charge in [-0.25, -0.2) is 9.37 Å². The van der Waals surface area contributed by atoms with Crippen molar-refractivity contribution in [2.24, 2.45) is 5.73 Å². The molecule has 100 valence electrons. The SMILES string of the molecule is Cc1cnc(N)c(C(N)Cc2cccc(Cl)c2F)c1. The minimum atomic E-state index is -0.432. The second-order valence-corrected chi connectivity index (χ2v) is 4.92. The average molecular weight is 280 g/mol. The van der Waals surface area contributed by atoms with E-state index in [2.05, 4.69) is 4.98 Å². The number of aromatic nitrogens is 1. The molecule has 0 aliphatic rings. The number of anilines is 1. The molecule has 1 aromatic carbocycles. The van der Waals surface area contributed by atoms with Crippen LogP contribution in [0.1, 0.15) is 22.7 Å². The van der Waals surface area contributed by atoms with E-state index in [1.54, 1.807) is 18.3 Å². The highest BCUT2D eigenvalue weighted by atomic mass is 35.5. The molecule has 0 amide bonds. The Labute approximate surface area is 116 Å². The van der Waals surface area contributed by atoms with Crippen LogP contribution in [0.4, 0.5) is 10.2 Å². The lowest BCUT2D eigenvalue weighted by molar-refractivity contribution is 0.593. The summed E-state index contributed by atoms with van der Waals surface area (Å²) in [7, 11) is 0. The first-order valence-electron chi connectivity index (χ1n) is 5.89. The second-order valence-electron chi connectivity index (χ2n) is 4.51. The van der Waals surface area contributed by atoms with E-state index in [1.807, 2.05) is 13.0 Å². The van der Waals surface area contributed by atoms with Crippen molar-refractivity contribution in [3.05, 3.63) is 58.0 Å². The van der Waals surface area contributed by atoms with Crippen LogP contribution in [0.5, 0.6) is 0 Å². The van der Waals surface area contributed by atoms with Gasteiger partial charge in [-0.15, -0.1) is 0 Å². The molecule has 0 spiro atoms. The second kappa shape index (κ2) is 5.55. The van der Waals surface area contributed by atoms with Gasteiger partial charge < -0.3 is 11.5 Å². The summed E-state index contributed by atoms with van der Waals surface area (Å²) in [5.74, 6) is -0.0562. The Morgan fingerprint density at radius 3 is 2.89 bits per heavy atom. The van der Waals surface area contributed by atoms with Crippen molar-refractivity contribution >= 4 is 17.4 Å². The predicted molar refractivity (Wildman–Crippen MR) is 75.4 cm³/mol. The maximum absolute atomic E-state index is 13.8. The van der Waals surface area contributed by atoms with Crippen LogP contribution in [0.15, 0.2) is 30.5 Å². The minimum Gasteiger partial charge on any atom is -0.383 e. The molecule has 2 rings (SSSR count). The molecular weight excluding hydrogens is 265 g/mol. The first kappa shape index (κ1) is 13.8. The number of hydrogen-bond acceptors (Lipinski definition) is 3. The van der Waals surface area contributed by atoms with Crippen molar-refractivity contribution in [3.63, 3.8) is 0 Å². The predicted octanol–water partition coefficient (Wildman–Crippen LogP) is 3.01. The number of nitrogen functional groups attached to an aromatic ring is 1. The molecule has 0 saturated heterocycles. The largest absolute Gasteiger partial charge is 0.383 e. The van der Waals surface area contributed by atoms with Gasteiger partial charge in [-0.2, -0.15) is 0 Å². The fourth-order valence-corrected chi connectivity index (χ4v) is 2.15. The highest BCUT2D eigenvalue weighted by molar-refractivity contribution is 6.30. The third kappa shape index (κ3) is 3.03. The van der Waals surface area contributed by atoms with Crippen molar-refractivity contribution in [1.29, 1.82) is 0 Å². The van der Waals surface area contributed by atoms with Gasteiger partial charge in [-0.05, 0) is 36.6 Å². The third-order valence-electron chi connectivity index (χ3n) is 2.96. The summed E-state index contributed by atoms with van der Waals surface area (Å²) in [6.45, 7) is 1.91. The highest BCUT2D eigenvalue weighted by Gasteiger charge is 2.15. The van der Waals surface area contributed by atoms with E-state index < -0.39 is 11.9 Å². The number of nitrogens with two attached hydrogens (primary N) is 2. The first-order valence-corrected chi connectivity index (χ1v) is 6.27. The minimum absolute atomic E-state index is 0.0973. The summed E-state index contributed by atoms with van der Waals surface area (Å²) in [5, 5.41) is 0.0973. The molecule has 4 N–H and O–H groups in total. The standard InChI is InChI=1S/C14H15ClFN3/c1-8-5-10(14(18)19-7-8)12(17)6-9-3-2-4-11(15)13(9)16/h2-5,7,12H,6,17H2,1H3,(H2,18,19). The number of benzene rings is 1. The Hall–Kier alpha value is -1.65. The molecule has 0 saturated carbocycles. The van der Waals surface area contributed by atoms with E-state index in [0.717, 1.165) is 11.1 Å². The molecule has 1 atom stereocenters. The van der Waals surface area contributed by atoms with E-state index in [9.17, 15) is 4.39 Å². The van der Waals surface area contributed by atoms with Crippen LogP contribution in [-0.4, -0.2) is 4.98 Å². The Balaban J connectivity index is 2.28. The Morgan fingerprint density at radius 2 is 2.16 bits per heavy atom. The molecule has 19 heavy (non-hydrogen) atoms. The van der Waals surface area contributed by atoms with Gasteiger partial charge in [0.05, 0.1) is 5.02 Å². The van der Waals surface area contributed by atoms with Gasteiger partial charge >= 0.3 is 0 Å². The quantitative estimate of drug-likeness (QED) is 0.908. The Bertz CT molecular complexity index is 601. The Kier molecular flexibility index (Phi) is 4.02. The molecule has 0 radical (unpaired) electrons. The molecular formula is C14H15ClFN3. The normalized spacial score (nSPS) is 12.4. The third-order valence-corrected chi connectivity index (χ3v) is 3.25. The lowest BCUT2D eigenvalue weighted by Crippen LogP contribution is -2.17. The first-order chi connectivity index (χ1) is 8.99. The Morgan fingerprint density at radius 1 is 1.42 bits per heavy atom. The van der Waals surface area contributed by atoms with Crippen molar-refractivity contribution in [1.82, 2.24) is 4.98 Å². The zero-order valence-corrected chi connectivity index (χ0v) is 11.3. The van der Waals surface area contributed by atoms with Crippen molar-refractivity contribution in [2.75, 3.05) is 5.73 Å². The topological polar surface area (TPSA) is 64.9 Å². The van der Waals surface area contributed by atoms with Crippen LogP contribution in [0.3, 0.4) is 0 Å². The zero-order chi connectivity index (χ0) is 14.0. The van der Waals surface area contributed by atoms with Gasteiger partial charge in [0.1, 0.15) is 11.6 Å².